The molecule has 120 valence electrons. The molecule has 2 atom stereocenters. The summed E-state index contributed by atoms with van der Waals surface area (Å²) >= 11 is 0. The van der Waals surface area contributed by atoms with Gasteiger partial charge in [-0.2, -0.15) is 0 Å². The largest absolute Gasteiger partial charge is 0.373 e. The van der Waals surface area contributed by atoms with Crippen LogP contribution in [0.15, 0.2) is 0 Å². The van der Waals surface area contributed by atoms with Crippen molar-refractivity contribution in [2.24, 2.45) is 0 Å². The van der Waals surface area contributed by atoms with Crippen LogP contribution in [0.25, 0.3) is 0 Å². The molecule has 0 amide bonds. The zero-order valence-corrected chi connectivity index (χ0v) is 13.7. The summed E-state index contributed by atoms with van der Waals surface area (Å²) in [6.45, 7) is 7.39. The van der Waals surface area contributed by atoms with Crippen molar-refractivity contribution in [2.45, 2.75) is 90.4 Å². The van der Waals surface area contributed by atoms with Crippen molar-refractivity contribution in [3.63, 3.8) is 0 Å². The minimum absolute atomic E-state index is 0.401. The van der Waals surface area contributed by atoms with Crippen LogP contribution in [-0.4, -0.2) is 32.1 Å². The Hall–Kier alpha value is -0.120. The number of epoxide rings is 2. The van der Waals surface area contributed by atoms with Crippen LogP contribution in [0, 0.1) is 0 Å². The fourth-order valence-corrected chi connectivity index (χ4v) is 2.14. The second-order valence-corrected chi connectivity index (χ2v) is 6.10. The van der Waals surface area contributed by atoms with Crippen molar-refractivity contribution in [2.75, 3.05) is 19.8 Å². The molecule has 0 saturated carbocycles. The van der Waals surface area contributed by atoms with E-state index in [0.717, 1.165) is 19.8 Å². The maximum absolute atomic E-state index is 5.09. The van der Waals surface area contributed by atoms with Gasteiger partial charge in [-0.1, -0.05) is 64.7 Å². The van der Waals surface area contributed by atoms with E-state index in [4.69, 9.17) is 9.47 Å². The highest BCUT2D eigenvalue weighted by Crippen LogP contribution is 2.10. The summed E-state index contributed by atoms with van der Waals surface area (Å²) in [5.41, 5.74) is 0. The van der Waals surface area contributed by atoms with E-state index >= 15 is 0 Å². The SMILES string of the molecule is CC1CO1.CCCCCCCCCCCCNC1CO1. The van der Waals surface area contributed by atoms with Crippen molar-refractivity contribution in [1.29, 1.82) is 0 Å². The first-order chi connectivity index (χ1) is 9.83. The molecular weight excluding hydrogens is 250 g/mol. The van der Waals surface area contributed by atoms with Crippen molar-refractivity contribution in [3.8, 4) is 0 Å². The number of hydrogen-bond acceptors (Lipinski definition) is 3. The van der Waals surface area contributed by atoms with Crippen molar-refractivity contribution >= 4 is 0 Å². The standard InChI is InChI=1S/C14H29NO.C3H6O/c1-2-3-4-5-6-7-8-9-10-11-12-15-14-13-16-14;1-3-2-4-3/h14-15H,2-13H2,1H3;3H,2H2,1H3. The van der Waals surface area contributed by atoms with Crippen LogP contribution < -0.4 is 5.32 Å². The molecule has 0 radical (unpaired) electrons. The van der Waals surface area contributed by atoms with E-state index in [9.17, 15) is 0 Å². The van der Waals surface area contributed by atoms with Crippen LogP contribution in [0.3, 0.4) is 0 Å². The van der Waals surface area contributed by atoms with Crippen LogP contribution in [0.2, 0.25) is 0 Å². The molecule has 2 aliphatic rings. The molecule has 3 heteroatoms. The predicted molar refractivity (Wildman–Crippen MR) is 85.0 cm³/mol. The van der Waals surface area contributed by atoms with E-state index < -0.39 is 0 Å². The molecule has 20 heavy (non-hydrogen) atoms. The average molecular weight is 285 g/mol. The lowest BCUT2D eigenvalue weighted by atomic mass is 10.1. The fraction of sp³-hybridized carbons (Fsp3) is 1.00. The molecule has 2 rings (SSSR count). The molecule has 0 aliphatic carbocycles. The summed E-state index contributed by atoms with van der Waals surface area (Å²) in [6.07, 6.45) is 15.1. The summed E-state index contributed by atoms with van der Waals surface area (Å²) in [5.74, 6) is 0. The summed E-state index contributed by atoms with van der Waals surface area (Å²) in [5, 5.41) is 3.36. The Kier molecular flexibility index (Phi) is 11.3. The smallest absolute Gasteiger partial charge is 0.132 e. The first-order valence-corrected chi connectivity index (χ1v) is 8.79. The van der Waals surface area contributed by atoms with Gasteiger partial charge in [-0.25, -0.2) is 0 Å². The van der Waals surface area contributed by atoms with Crippen LogP contribution in [0.5, 0.6) is 0 Å². The van der Waals surface area contributed by atoms with E-state index in [1.54, 1.807) is 0 Å². The van der Waals surface area contributed by atoms with Gasteiger partial charge >= 0.3 is 0 Å². The zero-order valence-electron chi connectivity index (χ0n) is 13.7. The molecule has 2 unspecified atom stereocenters. The quantitative estimate of drug-likeness (QED) is 0.430. The van der Waals surface area contributed by atoms with E-state index in [1.807, 2.05) is 0 Å². The monoisotopic (exact) mass is 285 g/mol. The van der Waals surface area contributed by atoms with E-state index in [0.29, 0.717) is 12.3 Å². The highest BCUT2D eigenvalue weighted by Gasteiger charge is 2.20. The zero-order chi connectivity index (χ0) is 14.5. The Bertz CT molecular complexity index is 203. The van der Waals surface area contributed by atoms with E-state index in [-0.39, 0.29) is 0 Å². The predicted octanol–water partition coefficient (Wildman–Crippen LogP) is 4.26. The Morgan fingerprint density at radius 1 is 0.800 bits per heavy atom. The Labute approximate surface area is 125 Å². The Balaban J connectivity index is 0.000000425. The summed E-state index contributed by atoms with van der Waals surface area (Å²) in [4.78, 5) is 0. The molecular formula is C17H35NO2. The minimum Gasteiger partial charge on any atom is -0.373 e. The van der Waals surface area contributed by atoms with Gasteiger partial charge in [0, 0.05) is 0 Å². The van der Waals surface area contributed by atoms with Gasteiger partial charge in [0.1, 0.15) is 6.23 Å². The van der Waals surface area contributed by atoms with Gasteiger partial charge in [0.05, 0.1) is 19.3 Å². The number of rotatable bonds is 12. The number of ether oxygens (including phenoxy) is 2. The van der Waals surface area contributed by atoms with Crippen molar-refractivity contribution in [1.82, 2.24) is 5.32 Å². The molecule has 3 nitrogen and oxygen atoms in total. The molecule has 2 aliphatic heterocycles. The molecule has 0 spiro atoms. The van der Waals surface area contributed by atoms with Gasteiger partial charge in [-0.3, -0.25) is 5.32 Å². The molecule has 2 heterocycles. The lowest BCUT2D eigenvalue weighted by molar-refractivity contribution is 0.366. The molecule has 2 fully saturated rings. The Morgan fingerprint density at radius 3 is 1.65 bits per heavy atom. The highest BCUT2D eigenvalue weighted by atomic mass is 16.6. The molecule has 0 aromatic heterocycles. The third-order valence-electron chi connectivity index (χ3n) is 3.74. The van der Waals surface area contributed by atoms with Crippen LogP contribution in [0.1, 0.15) is 78.1 Å². The van der Waals surface area contributed by atoms with Gasteiger partial charge in [0.2, 0.25) is 0 Å². The lowest BCUT2D eigenvalue weighted by Gasteiger charge is -2.02. The van der Waals surface area contributed by atoms with Crippen LogP contribution >= 0.6 is 0 Å². The first kappa shape index (κ1) is 17.9. The van der Waals surface area contributed by atoms with Gasteiger partial charge in [0.25, 0.3) is 0 Å². The maximum Gasteiger partial charge on any atom is 0.132 e. The van der Waals surface area contributed by atoms with Crippen molar-refractivity contribution in [3.05, 3.63) is 0 Å². The van der Waals surface area contributed by atoms with Gasteiger partial charge in [-0.15, -0.1) is 0 Å². The van der Waals surface area contributed by atoms with Gasteiger partial charge < -0.3 is 9.47 Å². The normalized spacial score (nSPS) is 23.1. The Morgan fingerprint density at radius 2 is 1.25 bits per heavy atom. The third kappa shape index (κ3) is 14.3. The van der Waals surface area contributed by atoms with E-state index in [1.165, 1.54) is 64.2 Å². The molecule has 2 saturated heterocycles. The molecule has 1 N–H and O–H groups in total. The first-order valence-electron chi connectivity index (χ1n) is 8.79. The minimum atomic E-state index is 0.401. The number of nitrogens with one attached hydrogen (secondary N) is 1. The second-order valence-electron chi connectivity index (χ2n) is 6.10. The summed E-state index contributed by atoms with van der Waals surface area (Å²) in [7, 11) is 0. The van der Waals surface area contributed by atoms with E-state index in [2.05, 4.69) is 19.2 Å². The van der Waals surface area contributed by atoms with Crippen LogP contribution in [0.4, 0.5) is 0 Å². The van der Waals surface area contributed by atoms with Gasteiger partial charge in [0.15, 0.2) is 0 Å². The van der Waals surface area contributed by atoms with Crippen LogP contribution in [-0.2, 0) is 9.47 Å². The summed E-state index contributed by atoms with van der Waals surface area (Å²) < 4.78 is 9.80. The fourth-order valence-electron chi connectivity index (χ4n) is 2.14. The molecule has 0 aromatic rings. The maximum atomic E-state index is 5.09. The highest BCUT2D eigenvalue weighted by molar-refractivity contribution is 4.65. The lowest BCUT2D eigenvalue weighted by Crippen LogP contribution is -2.18. The number of unbranched alkanes of at least 4 members (excludes halogenated alkanes) is 9. The summed E-state index contributed by atoms with van der Waals surface area (Å²) in [6, 6.07) is 0. The third-order valence-corrected chi connectivity index (χ3v) is 3.74. The molecule has 0 bridgehead atoms. The number of hydrogen-bond donors (Lipinski definition) is 1. The average Bonchev–Trinajstić information content (AvgIpc) is 3.34. The second kappa shape index (κ2) is 12.6. The molecule has 0 aromatic carbocycles. The van der Waals surface area contributed by atoms with Gasteiger partial charge in [-0.05, 0) is 19.9 Å². The van der Waals surface area contributed by atoms with Crippen molar-refractivity contribution < 1.29 is 9.47 Å². The topological polar surface area (TPSA) is 37.1 Å².